The van der Waals surface area contributed by atoms with E-state index in [4.69, 9.17) is 0 Å². The first-order chi connectivity index (χ1) is 9.56. The molecule has 0 aromatic heterocycles. The molecule has 0 N–H and O–H groups in total. The van der Waals surface area contributed by atoms with Crippen LogP contribution in [0.1, 0.15) is 26.3 Å². The molecule has 2 amide bonds. The molecule has 0 unspecified atom stereocenters. The Balaban J connectivity index is 1.91. The van der Waals surface area contributed by atoms with E-state index in [1.165, 1.54) is 4.90 Å². The molecular formula is C15H9I2NO2. The Bertz CT molecular complexity index is 710. The van der Waals surface area contributed by atoms with Crippen molar-refractivity contribution >= 4 is 57.0 Å². The summed E-state index contributed by atoms with van der Waals surface area (Å²) < 4.78 is 2.09. The van der Waals surface area contributed by atoms with Crippen molar-refractivity contribution in [2.45, 2.75) is 6.54 Å². The van der Waals surface area contributed by atoms with Gasteiger partial charge in [0.1, 0.15) is 0 Å². The minimum absolute atomic E-state index is 0.206. The second kappa shape index (κ2) is 5.44. The van der Waals surface area contributed by atoms with Crippen LogP contribution in [-0.2, 0) is 6.54 Å². The number of benzene rings is 2. The van der Waals surface area contributed by atoms with Crippen LogP contribution >= 0.6 is 45.2 Å². The lowest BCUT2D eigenvalue weighted by molar-refractivity contribution is 0.0642. The van der Waals surface area contributed by atoms with Gasteiger partial charge in [0.25, 0.3) is 11.8 Å². The molecule has 1 heterocycles. The number of carbonyl (C=O) groups is 2. The molecule has 0 saturated carbocycles. The maximum Gasteiger partial charge on any atom is 0.261 e. The maximum atomic E-state index is 12.3. The van der Waals surface area contributed by atoms with Crippen LogP contribution in [0.2, 0.25) is 0 Å². The standard InChI is InChI=1S/C15H9I2NO2/c16-10-3-1-9(2-4-10)8-18-14(19)12-6-5-11(17)7-13(12)15(18)20/h1-7H,8H2. The quantitative estimate of drug-likeness (QED) is 0.477. The van der Waals surface area contributed by atoms with E-state index in [1.54, 1.807) is 12.1 Å². The Hall–Kier alpha value is -0.960. The van der Waals surface area contributed by atoms with Gasteiger partial charge in [-0.05, 0) is 81.1 Å². The Morgan fingerprint density at radius 1 is 0.800 bits per heavy atom. The summed E-state index contributed by atoms with van der Waals surface area (Å²) in [4.78, 5) is 25.9. The van der Waals surface area contributed by atoms with Crippen molar-refractivity contribution in [1.29, 1.82) is 0 Å². The van der Waals surface area contributed by atoms with Gasteiger partial charge < -0.3 is 0 Å². The van der Waals surface area contributed by atoms with Gasteiger partial charge in [-0.2, -0.15) is 0 Å². The lowest BCUT2D eigenvalue weighted by Gasteiger charge is -2.13. The fraction of sp³-hybridized carbons (Fsp3) is 0.0667. The number of hydrogen-bond acceptors (Lipinski definition) is 2. The first-order valence-corrected chi connectivity index (χ1v) is 8.12. The predicted octanol–water partition coefficient (Wildman–Crippen LogP) is 3.69. The van der Waals surface area contributed by atoms with Gasteiger partial charge in [-0.1, -0.05) is 12.1 Å². The van der Waals surface area contributed by atoms with Crippen molar-refractivity contribution in [2.24, 2.45) is 0 Å². The maximum absolute atomic E-state index is 12.3. The summed E-state index contributed by atoms with van der Waals surface area (Å²) in [5.41, 5.74) is 1.96. The van der Waals surface area contributed by atoms with Gasteiger partial charge in [0.05, 0.1) is 17.7 Å². The second-order valence-corrected chi connectivity index (χ2v) is 7.00. The Kier molecular flexibility index (Phi) is 3.80. The third kappa shape index (κ3) is 2.48. The molecule has 3 nitrogen and oxygen atoms in total. The number of amides is 2. The number of fused-ring (bicyclic) bond motifs is 1. The highest BCUT2D eigenvalue weighted by molar-refractivity contribution is 14.1. The van der Waals surface area contributed by atoms with E-state index < -0.39 is 0 Å². The smallest absolute Gasteiger partial charge is 0.261 e. The monoisotopic (exact) mass is 489 g/mol. The van der Waals surface area contributed by atoms with Crippen LogP contribution in [0, 0.1) is 7.14 Å². The lowest BCUT2D eigenvalue weighted by Crippen LogP contribution is -2.29. The van der Waals surface area contributed by atoms with Crippen LogP contribution in [0.3, 0.4) is 0 Å². The molecule has 0 spiro atoms. The fourth-order valence-electron chi connectivity index (χ4n) is 2.18. The van der Waals surface area contributed by atoms with Crippen LogP contribution in [0.25, 0.3) is 0 Å². The highest BCUT2D eigenvalue weighted by Crippen LogP contribution is 2.26. The highest BCUT2D eigenvalue weighted by Gasteiger charge is 2.35. The van der Waals surface area contributed by atoms with Crippen molar-refractivity contribution in [2.75, 3.05) is 0 Å². The van der Waals surface area contributed by atoms with Crippen LogP contribution in [-0.4, -0.2) is 16.7 Å². The SMILES string of the molecule is O=C1c2ccc(I)cc2C(=O)N1Cc1ccc(I)cc1. The first kappa shape index (κ1) is 14.0. The van der Waals surface area contributed by atoms with Crippen molar-refractivity contribution in [3.05, 3.63) is 66.3 Å². The van der Waals surface area contributed by atoms with E-state index in [9.17, 15) is 9.59 Å². The third-order valence-electron chi connectivity index (χ3n) is 3.19. The van der Waals surface area contributed by atoms with Crippen LogP contribution in [0.15, 0.2) is 42.5 Å². The van der Waals surface area contributed by atoms with E-state index in [2.05, 4.69) is 45.2 Å². The molecular weight excluding hydrogens is 480 g/mol. The molecule has 1 aliphatic heterocycles. The van der Waals surface area contributed by atoms with Crippen molar-refractivity contribution < 1.29 is 9.59 Å². The lowest BCUT2D eigenvalue weighted by atomic mass is 10.1. The molecule has 2 aromatic rings. The van der Waals surface area contributed by atoms with Crippen LogP contribution in [0.4, 0.5) is 0 Å². The van der Waals surface area contributed by atoms with Crippen molar-refractivity contribution in [3.63, 3.8) is 0 Å². The first-order valence-electron chi connectivity index (χ1n) is 5.96. The van der Waals surface area contributed by atoms with E-state index >= 15 is 0 Å². The molecule has 2 aromatic carbocycles. The predicted molar refractivity (Wildman–Crippen MR) is 92.5 cm³/mol. The number of halogens is 2. The Morgan fingerprint density at radius 3 is 2.10 bits per heavy atom. The van der Waals surface area contributed by atoms with Gasteiger partial charge in [0, 0.05) is 7.14 Å². The average Bonchev–Trinajstić information content (AvgIpc) is 2.66. The molecule has 0 saturated heterocycles. The van der Waals surface area contributed by atoms with Gasteiger partial charge in [-0.25, -0.2) is 0 Å². The summed E-state index contributed by atoms with van der Waals surface area (Å²) in [7, 11) is 0. The summed E-state index contributed by atoms with van der Waals surface area (Å²) in [6, 6.07) is 13.2. The molecule has 0 aliphatic carbocycles. The zero-order chi connectivity index (χ0) is 14.3. The van der Waals surface area contributed by atoms with Crippen molar-refractivity contribution in [1.82, 2.24) is 4.90 Å². The topological polar surface area (TPSA) is 37.4 Å². The summed E-state index contributed by atoms with van der Waals surface area (Å²) in [5.74, 6) is -0.415. The zero-order valence-electron chi connectivity index (χ0n) is 10.3. The third-order valence-corrected chi connectivity index (χ3v) is 4.58. The number of rotatable bonds is 2. The minimum Gasteiger partial charge on any atom is -0.270 e. The van der Waals surface area contributed by atoms with E-state index in [0.29, 0.717) is 17.7 Å². The molecule has 0 radical (unpaired) electrons. The van der Waals surface area contributed by atoms with Gasteiger partial charge in [0.2, 0.25) is 0 Å². The minimum atomic E-state index is -0.208. The van der Waals surface area contributed by atoms with Gasteiger partial charge in [0.15, 0.2) is 0 Å². The molecule has 1 aliphatic rings. The molecule has 0 atom stereocenters. The average molecular weight is 489 g/mol. The summed E-state index contributed by atoms with van der Waals surface area (Å²) in [6.45, 7) is 0.319. The number of carbonyl (C=O) groups excluding carboxylic acids is 2. The van der Waals surface area contributed by atoms with Crippen LogP contribution < -0.4 is 0 Å². The van der Waals surface area contributed by atoms with E-state index in [1.807, 2.05) is 30.3 Å². The van der Waals surface area contributed by atoms with Gasteiger partial charge in [-0.3, -0.25) is 14.5 Å². The zero-order valence-corrected chi connectivity index (χ0v) is 14.6. The molecule has 0 bridgehead atoms. The summed E-state index contributed by atoms with van der Waals surface area (Å²) in [6.07, 6.45) is 0. The summed E-state index contributed by atoms with van der Waals surface area (Å²) in [5, 5.41) is 0. The number of nitrogens with zero attached hydrogens (tertiary/aromatic N) is 1. The van der Waals surface area contributed by atoms with E-state index in [0.717, 1.165) is 12.7 Å². The molecule has 0 fully saturated rings. The number of hydrogen-bond donors (Lipinski definition) is 0. The normalized spacial score (nSPS) is 13.8. The summed E-state index contributed by atoms with van der Waals surface area (Å²) >= 11 is 4.37. The molecule has 5 heteroatoms. The largest absolute Gasteiger partial charge is 0.270 e. The van der Waals surface area contributed by atoms with Crippen LogP contribution in [0.5, 0.6) is 0 Å². The molecule has 3 rings (SSSR count). The number of imide groups is 1. The molecule has 100 valence electrons. The highest BCUT2D eigenvalue weighted by atomic mass is 127. The Morgan fingerprint density at radius 2 is 1.40 bits per heavy atom. The second-order valence-electron chi connectivity index (χ2n) is 4.51. The Labute approximate surface area is 143 Å². The van der Waals surface area contributed by atoms with E-state index in [-0.39, 0.29) is 11.8 Å². The molecule has 20 heavy (non-hydrogen) atoms. The van der Waals surface area contributed by atoms with Crippen molar-refractivity contribution in [3.8, 4) is 0 Å². The fourth-order valence-corrected chi connectivity index (χ4v) is 3.03. The van der Waals surface area contributed by atoms with Gasteiger partial charge >= 0.3 is 0 Å². The van der Waals surface area contributed by atoms with Gasteiger partial charge in [-0.15, -0.1) is 0 Å².